The van der Waals surface area contributed by atoms with E-state index in [1.807, 2.05) is 18.2 Å². The summed E-state index contributed by atoms with van der Waals surface area (Å²) in [4.78, 5) is 37.7. The van der Waals surface area contributed by atoms with E-state index in [1.54, 1.807) is 29.3 Å². The van der Waals surface area contributed by atoms with E-state index in [2.05, 4.69) is 34.0 Å². The first kappa shape index (κ1) is 19.8. The molecule has 0 aromatic carbocycles. The fraction of sp³-hybridized carbons (Fsp3) is 0.429. The Kier molecular flexibility index (Phi) is 6.57. The highest BCUT2D eigenvalue weighted by Crippen LogP contribution is 2.14. The van der Waals surface area contributed by atoms with E-state index < -0.39 is 0 Å². The number of aromatic nitrogens is 2. The summed E-state index contributed by atoms with van der Waals surface area (Å²) in [5.74, 6) is 1.06. The molecule has 2 amide bonds. The van der Waals surface area contributed by atoms with Gasteiger partial charge in [-0.1, -0.05) is 26.0 Å². The Morgan fingerprint density at radius 3 is 2.46 bits per heavy atom. The van der Waals surface area contributed by atoms with Crippen LogP contribution in [0.2, 0.25) is 0 Å². The normalized spacial score (nSPS) is 14.2. The Bertz CT molecular complexity index is 801. The fourth-order valence-electron chi connectivity index (χ4n) is 3.09. The molecule has 1 aliphatic rings. The molecule has 0 radical (unpaired) electrons. The van der Waals surface area contributed by atoms with Gasteiger partial charge in [0.1, 0.15) is 17.2 Å². The molecule has 2 aromatic rings. The molecule has 1 N–H and O–H groups in total. The monoisotopic (exact) mass is 381 g/mol. The van der Waals surface area contributed by atoms with Gasteiger partial charge in [0.25, 0.3) is 11.8 Å². The van der Waals surface area contributed by atoms with Crippen molar-refractivity contribution in [3.63, 3.8) is 0 Å². The number of hydrogen-bond acceptors (Lipinski definition) is 5. The van der Waals surface area contributed by atoms with Crippen LogP contribution in [0.15, 0.2) is 42.6 Å². The summed E-state index contributed by atoms with van der Waals surface area (Å²) >= 11 is 0. The quantitative estimate of drug-likeness (QED) is 0.830. The highest BCUT2D eigenvalue weighted by molar-refractivity contribution is 5.96. The maximum absolute atomic E-state index is 12.8. The van der Waals surface area contributed by atoms with Gasteiger partial charge in [0.05, 0.1) is 0 Å². The molecule has 7 heteroatoms. The summed E-state index contributed by atoms with van der Waals surface area (Å²) in [7, 11) is 0. The lowest BCUT2D eigenvalue weighted by Crippen LogP contribution is -2.49. The maximum atomic E-state index is 12.8. The molecule has 0 unspecified atom stereocenters. The van der Waals surface area contributed by atoms with Gasteiger partial charge in [-0.25, -0.2) is 9.97 Å². The second-order valence-corrected chi connectivity index (χ2v) is 7.31. The van der Waals surface area contributed by atoms with E-state index in [9.17, 15) is 9.59 Å². The van der Waals surface area contributed by atoms with Gasteiger partial charge in [0, 0.05) is 38.9 Å². The molecule has 0 aliphatic carbocycles. The average molecular weight is 381 g/mol. The first-order valence-electron chi connectivity index (χ1n) is 9.75. The van der Waals surface area contributed by atoms with Crippen LogP contribution >= 0.6 is 0 Å². The van der Waals surface area contributed by atoms with E-state index in [0.29, 0.717) is 31.2 Å². The lowest BCUT2D eigenvalue weighted by molar-refractivity contribution is 0.0740. The van der Waals surface area contributed by atoms with Crippen molar-refractivity contribution >= 4 is 17.6 Å². The van der Waals surface area contributed by atoms with Gasteiger partial charge in [0.2, 0.25) is 0 Å². The Labute approximate surface area is 165 Å². The number of anilines is 1. The van der Waals surface area contributed by atoms with Crippen molar-refractivity contribution in [3.05, 3.63) is 54.0 Å². The predicted molar refractivity (Wildman–Crippen MR) is 108 cm³/mol. The van der Waals surface area contributed by atoms with E-state index in [-0.39, 0.29) is 17.5 Å². The number of hydrogen-bond donors (Lipinski definition) is 1. The smallest absolute Gasteiger partial charge is 0.272 e. The minimum absolute atomic E-state index is 0.141. The van der Waals surface area contributed by atoms with E-state index in [4.69, 9.17) is 0 Å². The van der Waals surface area contributed by atoms with Crippen molar-refractivity contribution < 1.29 is 9.59 Å². The van der Waals surface area contributed by atoms with Crippen LogP contribution in [0.4, 0.5) is 5.82 Å². The number of carbonyl (C=O) groups excluding carboxylic acids is 2. The lowest BCUT2D eigenvalue weighted by atomic mass is 10.1. The largest absolute Gasteiger partial charge is 0.353 e. The van der Waals surface area contributed by atoms with E-state index in [0.717, 1.165) is 25.3 Å². The Morgan fingerprint density at radius 1 is 1.04 bits per heavy atom. The zero-order chi connectivity index (χ0) is 19.9. The van der Waals surface area contributed by atoms with Crippen LogP contribution in [0.1, 0.15) is 41.2 Å². The highest BCUT2D eigenvalue weighted by Gasteiger charge is 2.24. The van der Waals surface area contributed by atoms with Crippen LogP contribution in [0, 0.1) is 5.92 Å². The number of rotatable bonds is 6. The van der Waals surface area contributed by atoms with Crippen molar-refractivity contribution in [1.82, 2.24) is 20.2 Å². The van der Waals surface area contributed by atoms with Crippen molar-refractivity contribution in [2.75, 3.05) is 37.6 Å². The number of amides is 2. The van der Waals surface area contributed by atoms with Gasteiger partial charge in [-0.3, -0.25) is 9.59 Å². The number of nitrogens with one attached hydrogen (secondary N) is 1. The van der Waals surface area contributed by atoms with Crippen LogP contribution in [-0.4, -0.2) is 59.4 Å². The molecule has 1 fully saturated rings. The zero-order valence-electron chi connectivity index (χ0n) is 16.5. The Balaban J connectivity index is 1.58. The molecule has 1 aliphatic heterocycles. The SMILES string of the molecule is CC(C)CCNC(=O)c1cccc(C(=O)N2CCN(c3ccccn3)CC2)n1. The third kappa shape index (κ3) is 5.06. The lowest BCUT2D eigenvalue weighted by Gasteiger charge is -2.35. The highest BCUT2D eigenvalue weighted by atomic mass is 16.2. The van der Waals surface area contributed by atoms with Gasteiger partial charge < -0.3 is 15.1 Å². The van der Waals surface area contributed by atoms with Crippen molar-refractivity contribution in [3.8, 4) is 0 Å². The summed E-state index contributed by atoms with van der Waals surface area (Å²) in [6, 6.07) is 10.8. The number of pyridine rings is 2. The molecule has 1 saturated heterocycles. The molecule has 0 atom stereocenters. The van der Waals surface area contributed by atoms with Crippen LogP contribution in [0.3, 0.4) is 0 Å². The molecule has 148 valence electrons. The molecule has 3 rings (SSSR count). The summed E-state index contributed by atoms with van der Waals surface area (Å²) in [5.41, 5.74) is 0.588. The summed E-state index contributed by atoms with van der Waals surface area (Å²) in [6.45, 7) is 7.46. The molecule has 0 saturated carbocycles. The number of piperazine rings is 1. The minimum atomic E-state index is -0.240. The predicted octanol–water partition coefficient (Wildman–Crippen LogP) is 2.21. The molecule has 3 heterocycles. The van der Waals surface area contributed by atoms with Gasteiger partial charge in [-0.2, -0.15) is 0 Å². The second kappa shape index (κ2) is 9.30. The molecule has 2 aromatic heterocycles. The fourth-order valence-corrected chi connectivity index (χ4v) is 3.09. The molecule has 0 bridgehead atoms. The summed E-state index contributed by atoms with van der Waals surface area (Å²) < 4.78 is 0. The van der Waals surface area contributed by atoms with Crippen molar-refractivity contribution in [2.45, 2.75) is 20.3 Å². The molecule has 28 heavy (non-hydrogen) atoms. The third-order valence-corrected chi connectivity index (χ3v) is 4.75. The van der Waals surface area contributed by atoms with Crippen LogP contribution < -0.4 is 10.2 Å². The zero-order valence-corrected chi connectivity index (χ0v) is 16.5. The third-order valence-electron chi connectivity index (χ3n) is 4.75. The second-order valence-electron chi connectivity index (χ2n) is 7.31. The van der Waals surface area contributed by atoms with Gasteiger partial charge in [-0.15, -0.1) is 0 Å². The van der Waals surface area contributed by atoms with Gasteiger partial charge in [-0.05, 0) is 36.6 Å². The summed E-state index contributed by atoms with van der Waals surface area (Å²) in [5, 5.41) is 2.86. The van der Waals surface area contributed by atoms with Crippen molar-refractivity contribution in [1.29, 1.82) is 0 Å². The first-order valence-corrected chi connectivity index (χ1v) is 9.75. The number of nitrogens with zero attached hydrogens (tertiary/aromatic N) is 4. The van der Waals surface area contributed by atoms with Crippen LogP contribution in [0.25, 0.3) is 0 Å². The van der Waals surface area contributed by atoms with Gasteiger partial charge >= 0.3 is 0 Å². The average Bonchev–Trinajstić information content (AvgIpc) is 2.74. The van der Waals surface area contributed by atoms with Crippen molar-refractivity contribution in [2.24, 2.45) is 5.92 Å². The summed E-state index contributed by atoms with van der Waals surface area (Å²) in [6.07, 6.45) is 2.68. The molecular formula is C21H27N5O2. The number of carbonyl (C=O) groups is 2. The minimum Gasteiger partial charge on any atom is -0.353 e. The van der Waals surface area contributed by atoms with Gasteiger partial charge in [0.15, 0.2) is 0 Å². The maximum Gasteiger partial charge on any atom is 0.272 e. The van der Waals surface area contributed by atoms with E-state index in [1.165, 1.54) is 0 Å². The Hall–Kier alpha value is -2.96. The topological polar surface area (TPSA) is 78.4 Å². The standard InChI is InChI=1S/C21H27N5O2/c1-16(2)9-11-23-20(27)17-6-5-7-18(24-17)21(28)26-14-12-25(13-15-26)19-8-3-4-10-22-19/h3-8,10,16H,9,11-15H2,1-2H3,(H,23,27). The molecular weight excluding hydrogens is 354 g/mol. The van der Waals surface area contributed by atoms with Crippen LogP contribution in [-0.2, 0) is 0 Å². The molecule has 7 nitrogen and oxygen atoms in total. The van der Waals surface area contributed by atoms with Crippen LogP contribution in [0.5, 0.6) is 0 Å². The molecule has 0 spiro atoms. The first-order chi connectivity index (χ1) is 13.5. The van der Waals surface area contributed by atoms with E-state index >= 15 is 0 Å². The Morgan fingerprint density at radius 2 is 1.79 bits per heavy atom.